The topological polar surface area (TPSA) is 44.8 Å². The zero-order chi connectivity index (χ0) is 18.2. The molecule has 2 aromatic carbocycles. The summed E-state index contributed by atoms with van der Waals surface area (Å²) in [6, 6.07) is 9.37. The minimum absolute atomic E-state index is 0.00716. The molecule has 0 fully saturated rings. The van der Waals surface area contributed by atoms with Crippen LogP contribution in [0.1, 0.15) is 24.5 Å². The summed E-state index contributed by atoms with van der Waals surface area (Å²) in [6.45, 7) is 1.98. The number of carbonyl (C=O) groups is 1. The molecule has 2 rings (SSSR count). The number of esters is 1. The predicted molar refractivity (Wildman–Crippen MR) is 88.6 cm³/mol. The molecule has 6 heteroatoms. The third kappa shape index (κ3) is 5.45. The van der Waals surface area contributed by atoms with E-state index in [4.69, 9.17) is 14.2 Å². The molecule has 2 aromatic rings. The molecule has 0 atom stereocenters. The summed E-state index contributed by atoms with van der Waals surface area (Å²) in [5.41, 5.74) is 1.10. The van der Waals surface area contributed by atoms with Crippen molar-refractivity contribution in [3.8, 4) is 11.5 Å². The highest BCUT2D eigenvalue weighted by atomic mass is 19.1. The fourth-order valence-corrected chi connectivity index (χ4v) is 2.29. The molecule has 0 aliphatic carbocycles. The normalized spacial score (nSPS) is 10.4. The molecule has 0 aliphatic rings. The molecule has 0 saturated carbocycles. The van der Waals surface area contributed by atoms with E-state index >= 15 is 0 Å². The van der Waals surface area contributed by atoms with Crippen molar-refractivity contribution >= 4 is 5.97 Å². The Morgan fingerprint density at radius 3 is 2.44 bits per heavy atom. The van der Waals surface area contributed by atoms with Gasteiger partial charge in [0.05, 0.1) is 13.7 Å². The maximum atomic E-state index is 14.1. The van der Waals surface area contributed by atoms with Gasteiger partial charge in [-0.1, -0.05) is 12.1 Å². The monoisotopic (exact) mass is 350 g/mol. The Morgan fingerprint density at radius 2 is 1.80 bits per heavy atom. The van der Waals surface area contributed by atoms with Gasteiger partial charge in [0.1, 0.15) is 12.4 Å². The third-order valence-electron chi connectivity index (χ3n) is 3.50. The summed E-state index contributed by atoms with van der Waals surface area (Å²) in [5, 5.41) is 0. The molecule has 0 radical (unpaired) electrons. The minimum Gasteiger partial charge on any atom is -0.497 e. The molecular weight excluding hydrogens is 330 g/mol. The fraction of sp³-hybridized carbons (Fsp3) is 0.316. The molecule has 0 unspecified atom stereocenters. The summed E-state index contributed by atoms with van der Waals surface area (Å²) in [4.78, 5) is 11.3. The molecule has 0 saturated heterocycles. The standard InChI is InChI=1S/C19H20F2O4/c1-3-24-18(22)8-7-13-10-16(20)19(17(21)11-13)25-12-14-5-4-6-15(9-14)23-2/h4-6,9-11H,3,7-8,12H2,1-2H3. The number of aryl methyl sites for hydroxylation is 1. The first kappa shape index (κ1) is 18.7. The Kier molecular flexibility index (Phi) is 6.74. The van der Waals surface area contributed by atoms with Gasteiger partial charge >= 0.3 is 5.97 Å². The van der Waals surface area contributed by atoms with Gasteiger partial charge in [-0.15, -0.1) is 0 Å². The lowest BCUT2D eigenvalue weighted by atomic mass is 10.1. The zero-order valence-electron chi connectivity index (χ0n) is 14.2. The van der Waals surface area contributed by atoms with E-state index in [1.807, 2.05) is 0 Å². The van der Waals surface area contributed by atoms with Crippen LogP contribution in [-0.4, -0.2) is 19.7 Å². The lowest BCUT2D eigenvalue weighted by molar-refractivity contribution is -0.143. The number of halogens is 2. The number of methoxy groups -OCH3 is 1. The first-order valence-electron chi connectivity index (χ1n) is 7.92. The fourth-order valence-electron chi connectivity index (χ4n) is 2.29. The van der Waals surface area contributed by atoms with Crippen LogP contribution in [0.4, 0.5) is 8.78 Å². The van der Waals surface area contributed by atoms with Gasteiger partial charge in [-0.2, -0.15) is 0 Å². The van der Waals surface area contributed by atoms with E-state index in [9.17, 15) is 13.6 Å². The molecule has 0 N–H and O–H groups in total. The van der Waals surface area contributed by atoms with E-state index in [0.29, 0.717) is 11.3 Å². The number of carbonyl (C=O) groups excluding carboxylic acids is 1. The zero-order valence-corrected chi connectivity index (χ0v) is 14.2. The molecule has 4 nitrogen and oxygen atoms in total. The maximum Gasteiger partial charge on any atom is 0.306 e. The van der Waals surface area contributed by atoms with E-state index in [-0.39, 0.29) is 26.1 Å². The second kappa shape index (κ2) is 9.01. The van der Waals surface area contributed by atoms with Crippen molar-refractivity contribution in [2.45, 2.75) is 26.4 Å². The van der Waals surface area contributed by atoms with Crippen LogP contribution in [0, 0.1) is 11.6 Å². The Hall–Kier alpha value is -2.63. The Labute approximate surface area is 145 Å². The first-order chi connectivity index (χ1) is 12.0. The number of rotatable bonds is 8. The lowest BCUT2D eigenvalue weighted by Crippen LogP contribution is -2.06. The van der Waals surface area contributed by atoms with Crippen molar-refractivity contribution in [3.05, 3.63) is 59.2 Å². The van der Waals surface area contributed by atoms with Gasteiger partial charge in [0.2, 0.25) is 0 Å². The largest absolute Gasteiger partial charge is 0.497 e. The molecule has 0 heterocycles. The van der Waals surface area contributed by atoms with Gasteiger partial charge in [0.25, 0.3) is 0 Å². The van der Waals surface area contributed by atoms with E-state index in [0.717, 1.165) is 5.56 Å². The number of hydrogen-bond acceptors (Lipinski definition) is 4. The van der Waals surface area contributed by atoms with Gasteiger partial charge in [-0.05, 0) is 48.7 Å². The summed E-state index contributed by atoms with van der Waals surface area (Å²) < 4.78 is 43.4. The van der Waals surface area contributed by atoms with Crippen LogP contribution in [0.15, 0.2) is 36.4 Å². The maximum absolute atomic E-state index is 14.1. The summed E-state index contributed by atoms with van der Waals surface area (Å²) >= 11 is 0. The number of hydrogen-bond donors (Lipinski definition) is 0. The number of ether oxygens (including phenoxy) is 3. The van der Waals surface area contributed by atoms with Crippen molar-refractivity contribution in [2.24, 2.45) is 0 Å². The Bertz CT molecular complexity index is 708. The van der Waals surface area contributed by atoms with Crippen molar-refractivity contribution in [1.29, 1.82) is 0 Å². The summed E-state index contributed by atoms with van der Waals surface area (Å²) in [7, 11) is 1.54. The van der Waals surface area contributed by atoms with Crippen LogP contribution in [0.2, 0.25) is 0 Å². The first-order valence-corrected chi connectivity index (χ1v) is 7.92. The van der Waals surface area contributed by atoms with Gasteiger partial charge in [0.15, 0.2) is 17.4 Å². The minimum atomic E-state index is -0.804. The molecule has 0 aliphatic heterocycles. The molecule has 0 spiro atoms. The second-order valence-electron chi connectivity index (χ2n) is 5.33. The van der Waals surface area contributed by atoms with Gasteiger partial charge in [0, 0.05) is 6.42 Å². The average molecular weight is 350 g/mol. The van der Waals surface area contributed by atoms with E-state index in [2.05, 4.69) is 0 Å². The molecule has 0 amide bonds. The van der Waals surface area contributed by atoms with E-state index in [1.54, 1.807) is 31.2 Å². The third-order valence-corrected chi connectivity index (χ3v) is 3.50. The van der Waals surface area contributed by atoms with Crippen LogP contribution in [0.25, 0.3) is 0 Å². The number of benzene rings is 2. The quantitative estimate of drug-likeness (QED) is 0.674. The van der Waals surface area contributed by atoms with Crippen LogP contribution in [0.5, 0.6) is 11.5 Å². The molecule has 0 bridgehead atoms. The van der Waals surface area contributed by atoms with Crippen molar-refractivity contribution in [1.82, 2.24) is 0 Å². The van der Waals surface area contributed by atoms with Gasteiger partial charge in [-0.3, -0.25) is 4.79 Å². The van der Waals surface area contributed by atoms with Crippen LogP contribution < -0.4 is 9.47 Å². The second-order valence-corrected chi connectivity index (χ2v) is 5.33. The molecule has 134 valence electrons. The van der Waals surface area contributed by atoms with Crippen LogP contribution >= 0.6 is 0 Å². The van der Waals surface area contributed by atoms with Crippen molar-refractivity contribution < 1.29 is 27.8 Å². The van der Waals surface area contributed by atoms with Crippen LogP contribution in [0.3, 0.4) is 0 Å². The Balaban J connectivity index is 2.02. The Morgan fingerprint density at radius 1 is 1.08 bits per heavy atom. The smallest absolute Gasteiger partial charge is 0.306 e. The average Bonchev–Trinajstić information content (AvgIpc) is 2.59. The predicted octanol–water partition coefficient (Wildman–Crippen LogP) is 4.05. The van der Waals surface area contributed by atoms with E-state index < -0.39 is 23.4 Å². The van der Waals surface area contributed by atoms with Gasteiger partial charge < -0.3 is 14.2 Å². The van der Waals surface area contributed by atoms with Crippen molar-refractivity contribution in [2.75, 3.05) is 13.7 Å². The molecular formula is C19H20F2O4. The summed E-state index contributed by atoms with van der Waals surface area (Å²) in [5.74, 6) is -1.82. The highest BCUT2D eigenvalue weighted by Crippen LogP contribution is 2.25. The SMILES string of the molecule is CCOC(=O)CCc1cc(F)c(OCc2cccc(OC)c2)c(F)c1. The van der Waals surface area contributed by atoms with Crippen LogP contribution in [-0.2, 0) is 22.6 Å². The van der Waals surface area contributed by atoms with Crippen molar-refractivity contribution in [3.63, 3.8) is 0 Å². The highest BCUT2D eigenvalue weighted by Gasteiger charge is 2.14. The van der Waals surface area contributed by atoms with E-state index in [1.165, 1.54) is 19.2 Å². The highest BCUT2D eigenvalue weighted by molar-refractivity contribution is 5.69. The lowest BCUT2D eigenvalue weighted by Gasteiger charge is -2.11. The summed E-state index contributed by atoms with van der Waals surface area (Å²) in [6.07, 6.45) is 0.263. The molecule has 25 heavy (non-hydrogen) atoms. The molecule has 0 aromatic heterocycles. The van der Waals surface area contributed by atoms with Gasteiger partial charge in [-0.25, -0.2) is 8.78 Å².